The van der Waals surface area contributed by atoms with Crippen LogP contribution in [-0.2, 0) is 28.9 Å². The molecule has 1 saturated heterocycles. The molecule has 0 bridgehead atoms. The Balaban J connectivity index is 2.17. The number of methoxy groups -OCH3 is 1. The quantitative estimate of drug-likeness (QED) is 0.309. The van der Waals surface area contributed by atoms with Crippen LogP contribution in [0.2, 0.25) is 0 Å². The molecule has 2 heterocycles. The summed E-state index contributed by atoms with van der Waals surface area (Å²) in [4.78, 5) is 25.5. The van der Waals surface area contributed by atoms with Crippen LogP contribution in [0.4, 0.5) is 5.69 Å². The van der Waals surface area contributed by atoms with Gasteiger partial charge in [-0.25, -0.2) is 13.2 Å². The molecule has 10 nitrogen and oxygen atoms in total. The third kappa shape index (κ3) is 6.06. The zero-order valence-corrected chi connectivity index (χ0v) is 25.4. The Morgan fingerprint density at radius 1 is 1.20 bits per heavy atom. The van der Waals surface area contributed by atoms with Crippen molar-refractivity contribution in [3.63, 3.8) is 0 Å². The highest BCUT2D eigenvalue weighted by atomic mass is 32.2. The first-order valence-electron chi connectivity index (χ1n) is 13.7. The molecule has 222 valence electrons. The Bertz CT molecular complexity index is 1610. The maximum Gasteiger partial charge on any atom is 0.353 e. The van der Waals surface area contributed by atoms with Crippen LogP contribution in [-0.4, -0.2) is 56.4 Å². The first-order chi connectivity index (χ1) is 19.2. The number of ether oxygens (including phenoxy) is 1. The van der Waals surface area contributed by atoms with E-state index in [1.165, 1.54) is 7.11 Å². The number of amides is 1. The van der Waals surface area contributed by atoms with Crippen molar-refractivity contribution < 1.29 is 27.9 Å². The number of sulfonamides is 1. The van der Waals surface area contributed by atoms with Crippen LogP contribution in [0.15, 0.2) is 24.3 Å². The van der Waals surface area contributed by atoms with Gasteiger partial charge in [0.15, 0.2) is 5.75 Å². The molecule has 41 heavy (non-hydrogen) atoms. The first-order valence-corrected chi connectivity index (χ1v) is 15.6. The summed E-state index contributed by atoms with van der Waals surface area (Å²) in [5.41, 5.74) is 8.09. The summed E-state index contributed by atoms with van der Waals surface area (Å²) in [6.07, 6.45) is 4.97. The van der Waals surface area contributed by atoms with Crippen LogP contribution < -0.4 is 20.5 Å². The van der Waals surface area contributed by atoms with E-state index in [0.29, 0.717) is 28.0 Å². The number of carbonyl (C=O) groups excluding carboxylic acids is 1. The van der Waals surface area contributed by atoms with E-state index < -0.39 is 27.3 Å². The summed E-state index contributed by atoms with van der Waals surface area (Å²) in [5.74, 6) is -1.58. The van der Waals surface area contributed by atoms with Crippen molar-refractivity contribution in [3.8, 4) is 16.9 Å². The molecule has 0 aliphatic carbocycles. The van der Waals surface area contributed by atoms with Gasteiger partial charge in [-0.3, -0.25) is 9.52 Å². The molecule has 0 saturated carbocycles. The second-order valence-corrected chi connectivity index (χ2v) is 13.6. The number of hydrogen-bond donors (Lipinski definition) is 4. The lowest BCUT2D eigenvalue weighted by Crippen LogP contribution is -2.22. The normalized spacial score (nSPS) is 16.4. The van der Waals surface area contributed by atoms with Gasteiger partial charge in [0, 0.05) is 23.6 Å². The molecule has 1 aliphatic heterocycles. The average Bonchev–Trinajstić information content (AvgIpc) is 2.99. The molecule has 1 fully saturated rings. The molecule has 1 aromatic heterocycles. The Labute approximate surface area is 241 Å². The maximum atomic E-state index is 12.9. The second-order valence-electron chi connectivity index (χ2n) is 11.9. The Hall–Kier alpha value is -3.57. The van der Waals surface area contributed by atoms with Crippen molar-refractivity contribution >= 4 is 38.5 Å². The van der Waals surface area contributed by atoms with Crippen molar-refractivity contribution in [1.82, 2.24) is 9.88 Å². The third-order valence-corrected chi connectivity index (χ3v) is 8.37. The summed E-state index contributed by atoms with van der Waals surface area (Å²) in [6.45, 7) is 7.66. The number of carboxylic acid groups (broad SMARTS) is 1. The number of hydrogen-bond acceptors (Lipinski definition) is 6. The van der Waals surface area contributed by atoms with E-state index in [1.807, 2.05) is 39.0 Å². The number of primary amides is 1. The van der Waals surface area contributed by atoms with E-state index in [2.05, 4.69) is 10.0 Å². The minimum absolute atomic E-state index is 0.00547. The lowest BCUT2D eigenvalue weighted by Gasteiger charge is -2.28. The van der Waals surface area contributed by atoms with Gasteiger partial charge < -0.3 is 25.5 Å². The number of nitrogens with zero attached hydrogens (tertiary/aromatic N) is 1. The molecule has 11 heteroatoms. The largest absolute Gasteiger partial charge is 0.494 e. The van der Waals surface area contributed by atoms with Gasteiger partial charge in [-0.15, -0.1) is 0 Å². The van der Waals surface area contributed by atoms with Crippen molar-refractivity contribution in [3.05, 3.63) is 46.6 Å². The number of nitrogens with one attached hydrogen (secondary N) is 2. The van der Waals surface area contributed by atoms with Gasteiger partial charge >= 0.3 is 5.97 Å². The zero-order valence-electron chi connectivity index (χ0n) is 24.6. The molecular weight excluding hydrogens is 544 g/mol. The molecule has 1 amide bonds. The highest BCUT2D eigenvalue weighted by molar-refractivity contribution is 7.92. The number of fused-ring (bicyclic) bond motifs is 1. The van der Waals surface area contributed by atoms with Gasteiger partial charge in [0.05, 0.1) is 30.1 Å². The fourth-order valence-corrected chi connectivity index (χ4v) is 6.63. The Morgan fingerprint density at radius 3 is 2.49 bits per heavy atom. The van der Waals surface area contributed by atoms with E-state index >= 15 is 0 Å². The topological polar surface area (TPSA) is 153 Å². The van der Waals surface area contributed by atoms with Crippen molar-refractivity contribution in [2.45, 2.75) is 51.9 Å². The molecular formula is C30H40N4O6S. The predicted octanol–water partition coefficient (Wildman–Crippen LogP) is 4.25. The lowest BCUT2D eigenvalue weighted by atomic mass is 9.79. The van der Waals surface area contributed by atoms with Crippen LogP contribution >= 0.6 is 0 Å². The van der Waals surface area contributed by atoms with Gasteiger partial charge in [0.2, 0.25) is 10.0 Å². The average molecular weight is 585 g/mol. The van der Waals surface area contributed by atoms with E-state index in [4.69, 9.17) is 10.5 Å². The number of para-hydroxylation sites is 1. The van der Waals surface area contributed by atoms with Crippen molar-refractivity contribution in [2.75, 3.05) is 31.2 Å². The van der Waals surface area contributed by atoms with Crippen LogP contribution in [0, 0.1) is 5.92 Å². The van der Waals surface area contributed by atoms with E-state index in [9.17, 15) is 23.1 Å². The van der Waals surface area contributed by atoms with E-state index in [1.54, 1.807) is 17.7 Å². The number of rotatable bonds is 8. The highest BCUT2D eigenvalue weighted by Crippen LogP contribution is 2.49. The summed E-state index contributed by atoms with van der Waals surface area (Å²) in [6, 6.07) is 7.39. The number of aromatic nitrogens is 1. The summed E-state index contributed by atoms with van der Waals surface area (Å²) in [7, 11) is -0.856. The summed E-state index contributed by atoms with van der Waals surface area (Å²) < 4.78 is 35.1. The third-order valence-electron chi connectivity index (χ3n) is 7.80. The molecule has 2 aromatic carbocycles. The molecule has 3 aromatic rings. The SMILES string of the molecule is COc1c(C(N)=O)cc(C(C)(C)C)c(-c2c(C(=O)O)n(C)c3c(CC4CCCNCC4)cccc23)c1NS(C)(=O)=O. The molecule has 1 unspecified atom stereocenters. The number of nitrogens with two attached hydrogens (primary N) is 1. The number of benzene rings is 2. The lowest BCUT2D eigenvalue weighted by molar-refractivity contribution is 0.0687. The smallest absolute Gasteiger partial charge is 0.353 e. The Kier molecular flexibility index (Phi) is 8.42. The van der Waals surface area contributed by atoms with Gasteiger partial charge in [-0.1, -0.05) is 39.0 Å². The molecule has 0 spiro atoms. The van der Waals surface area contributed by atoms with Crippen LogP contribution in [0.1, 0.15) is 72.0 Å². The van der Waals surface area contributed by atoms with Gasteiger partial charge in [-0.05, 0) is 67.3 Å². The maximum absolute atomic E-state index is 12.9. The number of aryl methyl sites for hydroxylation is 1. The van der Waals surface area contributed by atoms with Crippen LogP contribution in [0.25, 0.3) is 22.0 Å². The Morgan fingerprint density at radius 2 is 1.90 bits per heavy atom. The zero-order chi connectivity index (χ0) is 30.3. The van der Waals surface area contributed by atoms with Gasteiger partial charge in [-0.2, -0.15) is 0 Å². The predicted molar refractivity (Wildman–Crippen MR) is 161 cm³/mol. The molecule has 1 aliphatic rings. The fourth-order valence-electron chi connectivity index (χ4n) is 6.06. The molecule has 1 atom stereocenters. The number of aromatic carboxylic acids is 1. The number of carboxylic acids is 1. The number of anilines is 1. The minimum atomic E-state index is -3.90. The second kappa shape index (κ2) is 11.4. The van der Waals surface area contributed by atoms with Crippen molar-refractivity contribution in [1.29, 1.82) is 0 Å². The van der Waals surface area contributed by atoms with Crippen molar-refractivity contribution in [2.24, 2.45) is 18.7 Å². The summed E-state index contributed by atoms with van der Waals surface area (Å²) in [5, 5.41) is 14.7. The molecule has 4 rings (SSSR count). The fraction of sp³-hybridized carbons (Fsp3) is 0.467. The van der Waals surface area contributed by atoms with Gasteiger partial charge in [0.25, 0.3) is 5.91 Å². The first kappa shape index (κ1) is 30.4. The molecule has 0 radical (unpaired) electrons. The standard InChI is InChI=1S/C30H40N4O6S/c1-30(2,3)21-16-20(28(31)35)27(40-5)24(33-41(6,38)39)23(21)22-19-11-7-10-18(15-17-9-8-13-32-14-12-17)25(19)34(4)26(22)29(36)37/h7,10-11,16-17,32-33H,8-9,12-15H2,1-6H3,(H2,31,35)(H,36,37). The van der Waals surface area contributed by atoms with Crippen LogP contribution in [0.3, 0.4) is 0 Å². The minimum Gasteiger partial charge on any atom is -0.494 e. The molecule has 5 N–H and O–H groups in total. The van der Waals surface area contributed by atoms with Crippen LogP contribution in [0.5, 0.6) is 5.75 Å². The highest BCUT2D eigenvalue weighted by Gasteiger charge is 2.34. The van der Waals surface area contributed by atoms with E-state index in [-0.39, 0.29) is 22.7 Å². The number of carbonyl (C=O) groups is 2. The summed E-state index contributed by atoms with van der Waals surface area (Å²) >= 11 is 0. The monoisotopic (exact) mass is 584 g/mol. The van der Waals surface area contributed by atoms with E-state index in [0.717, 1.165) is 56.1 Å². The van der Waals surface area contributed by atoms with Gasteiger partial charge in [0.1, 0.15) is 5.69 Å².